The first-order chi connectivity index (χ1) is 9.26. The Morgan fingerprint density at radius 1 is 1.58 bits per heavy atom. The van der Waals surface area contributed by atoms with E-state index in [-0.39, 0.29) is 12.0 Å². The molecule has 0 aliphatic carbocycles. The number of rotatable bonds is 5. The molecule has 0 amide bonds. The zero-order valence-corrected chi connectivity index (χ0v) is 11.5. The van der Waals surface area contributed by atoms with E-state index in [1.807, 2.05) is 18.5 Å². The molecule has 0 aromatic carbocycles. The lowest BCUT2D eigenvalue weighted by molar-refractivity contribution is -0.150. The van der Waals surface area contributed by atoms with Gasteiger partial charge in [-0.15, -0.1) is 0 Å². The molecule has 0 spiro atoms. The predicted molar refractivity (Wildman–Crippen MR) is 69.4 cm³/mol. The Balaban J connectivity index is 2.05. The lowest BCUT2D eigenvalue weighted by Crippen LogP contribution is -2.55. The molecule has 1 aliphatic rings. The first-order valence-electron chi connectivity index (χ1n) is 6.74. The number of esters is 1. The minimum absolute atomic E-state index is 0.169. The summed E-state index contributed by atoms with van der Waals surface area (Å²) in [7, 11) is 0. The van der Waals surface area contributed by atoms with Crippen LogP contribution in [0.4, 0.5) is 0 Å². The molecule has 1 fully saturated rings. The summed E-state index contributed by atoms with van der Waals surface area (Å²) in [5.74, 6) is 0.718. The molecule has 7 heteroatoms. The van der Waals surface area contributed by atoms with Crippen LogP contribution in [0.5, 0.6) is 0 Å². The third-order valence-corrected chi connectivity index (χ3v) is 3.25. The molecule has 1 unspecified atom stereocenters. The Morgan fingerprint density at radius 2 is 2.42 bits per heavy atom. The zero-order chi connectivity index (χ0) is 13.7. The lowest BCUT2D eigenvalue weighted by atomic mass is 10.2. The second-order valence-electron chi connectivity index (χ2n) is 4.43. The van der Waals surface area contributed by atoms with E-state index in [1.54, 1.807) is 6.33 Å². The molecule has 1 atom stereocenters. The Bertz CT molecular complexity index is 420. The molecule has 7 nitrogen and oxygen atoms in total. The summed E-state index contributed by atoms with van der Waals surface area (Å²) >= 11 is 0. The standard InChI is InChI=1S/C12H21N5O2/c1-3-17-11(14-9-15-17)8-16-6-5-13-7-10(16)12(18)19-4-2/h9-10,13H,3-8H2,1-2H3. The Kier molecular flexibility index (Phi) is 4.86. The van der Waals surface area contributed by atoms with Crippen LogP contribution in [0.2, 0.25) is 0 Å². The number of ether oxygens (including phenoxy) is 1. The summed E-state index contributed by atoms with van der Waals surface area (Å²) in [6.07, 6.45) is 1.56. The minimum Gasteiger partial charge on any atom is -0.465 e. The smallest absolute Gasteiger partial charge is 0.324 e. The summed E-state index contributed by atoms with van der Waals surface area (Å²) in [4.78, 5) is 18.3. The number of nitrogens with one attached hydrogen (secondary N) is 1. The van der Waals surface area contributed by atoms with Crippen LogP contribution < -0.4 is 5.32 Å². The number of aryl methyl sites for hydroxylation is 1. The van der Waals surface area contributed by atoms with E-state index in [0.29, 0.717) is 19.7 Å². The molecular weight excluding hydrogens is 246 g/mol. The van der Waals surface area contributed by atoms with Gasteiger partial charge in [-0.1, -0.05) is 0 Å². The van der Waals surface area contributed by atoms with Crippen molar-refractivity contribution in [2.24, 2.45) is 0 Å². The van der Waals surface area contributed by atoms with Crippen molar-refractivity contribution >= 4 is 5.97 Å². The molecule has 19 heavy (non-hydrogen) atoms. The molecule has 0 radical (unpaired) electrons. The fraction of sp³-hybridized carbons (Fsp3) is 0.750. The summed E-state index contributed by atoms with van der Waals surface area (Å²) in [5, 5.41) is 7.38. The lowest BCUT2D eigenvalue weighted by Gasteiger charge is -2.33. The maximum absolute atomic E-state index is 11.9. The molecule has 1 saturated heterocycles. The first-order valence-corrected chi connectivity index (χ1v) is 6.74. The molecule has 0 bridgehead atoms. The van der Waals surface area contributed by atoms with E-state index in [9.17, 15) is 4.79 Å². The highest BCUT2D eigenvalue weighted by molar-refractivity contribution is 5.76. The van der Waals surface area contributed by atoms with Gasteiger partial charge in [0.25, 0.3) is 0 Å². The quantitative estimate of drug-likeness (QED) is 0.734. The molecule has 1 aromatic rings. The minimum atomic E-state index is -0.240. The number of carbonyl (C=O) groups is 1. The van der Waals surface area contributed by atoms with Crippen LogP contribution >= 0.6 is 0 Å². The number of nitrogens with zero attached hydrogens (tertiary/aromatic N) is 4. The fourth-order valence-corrected chi connectivity index (χ4v) is 2.26. The van der Waals surface area contributed by atoms with Gasteiger partial charge in [-0.05, 0) is 13.8 Å². The summed E-state index contributed by atoms with van der Waals surface area (Å²) in [6, 6.07) is -0.240. The highest BCUT2D eigenvalue weighted by Crippen LogP contribution is 2.10. The van der Waals surface area contributed by atoms with Crippen LogP contribution in [0, 0.1) is 0 Å². The van der Waals surface area contributed by atoms with Crippen LogP contribution in [0.1, 0.15) is 19.7 Å². The van der Waals surface area contributed by atoms with Gasteiger partial charge in [-0.2, -0.15) is 5.10 Å². The molecular formula is C12H21N5O2. The van der Waals surface area contributed by atoms with Gasteiger partial charge in [0.05, 0.1) is 13.2 Å². The predicted octanol–water partition coefficient (Wildman–Crippen LogP) is -0.365. The molecule has 1 N–H and O–H groups in total. The summed E-state index contributed by atoms with van der Waals surface area (Å²) in [5.41, 5.74) is 0. The van der Waals surface area contributed by atoms with Gasteiger partial charge in [0.15, 0.2) is 0 Å². The molecule has 1 aliphatic heterocycles. The molecule has 2 rings (SSSR count). The largest absolute Gasteiger partial charge is 0.465 e. The van der Waals surface area contributed by atoms with Gasteiger partial charge in [0.1, 0.15) is 18.2 Å². The highest BCUT2D eigenvalue weighted by Gasteiger charge is 2.30. The van der Waals surface area contributed by atoms with Gasteiger partial charge in [0.2, 0.25) is 0 Å². The Labute approximate surface area is 112 Å². The molecule has 106 valence electrons. The second kappa shape index (κ2) is 6.63. The van der Waals surface area contributed by atoms with E-state index in [4.69, 9.17) is 4.74 Å². The number of piperazine rings is 1. The van der Waals surface area contributed by atoms with Gasteiger partial charge in [-0.3, -0.25) is 9.69 Å². The Morgan fingerprint density at radius 3 is 3.16 bits per heavy atom. The van der Waals surface area contributed by atoms with Crippen molar-refractivity contribution in [1.29, 1.82) is 0 Å². The third-order valence-electron chi connectivity index (χ3n) is 3.25. The van der Waals surface area contributed by atoms with Crippen molar-refractivity contribution in [3.63, 3.8) is 0 Å². The number of hydrogen-bond donors (Lipinski definition) is 1. The highest BCUT2D eigenvalue weighted by atomic mass is 16.5. The van der Waals surface area contributed by atoms with Gasteiger partial charge < -0.3 is 10.1 Å². The Hall–Kier alpha value is -1.47. The number of carbonyl (C=O) groups excluding carboxylic acids is 1. The fourth-order valence-electron chi connectivity index (χ4n) is 2.26. The van der Waals surface area contributed by atoms with Crippen LogP contribution in [0.25, 0.3) is 0 Å². The van der Waals surface area contributed by atoms with E-state index in [1.165, 1.54) is 0 Å². The molecule has 0 saturated carbocycles. The van der Waals surface area contributed by atoms with Crippen molar-refractivity contribution in [3.05, 3.63) is 12.2 Å². The number of aromatic nitrogens is 3. The topological polar surface area (TPSA) is 72.3 Å². The summed E-state index contributed by atoms with van der Waals surface area (Å²) in [6.45, 7) is 7.97. The van der Waals surface area contributed by atoms with Crippen LogP contribution in [0.3, 0.4) is 0 Å². The van der Waals surface area contributed by atoms with Crippen LogP contribution in [-0.2, 0) is 22.6 Å². The van der Waals surface area contributed by atoms with Crippen molar-refractivity contribution < 1.29 is 9.53 Å². The maximum atomic E-state index is 11.9. The van der Waals surface area contributed by atoms with Crippen molar-refractivity contribution in [3.8, 4) is 0 Å². The molecule has 2 heterocycles. The van der Waals surface area contributed by atoms with Gasteiger partial charge in [-0.25, -0.2) is 9.67 Å². The number of hydrogen-bond acceptors (Lipinski definition) is 6. The van der Waals surface area contributed by atoms with Crippen molar-refractivity contribution in [1.82, 2.24) is 25.0 Å². The van der Waals surface area contributed by atoms with Crippen molar-refractivity contribution in [2.45, 2.75) is 33.0 Å². The summed E-state index contributed by atoms with van der Waals surface area (Å²) < 4.78 is 6.98. The van der Waals surface area contributed by atoms with E-state index in [0.717, 1.165) is 25.5 Å². The zero-order valence-electron chi connectivity index (χ0n) is 11.5. The average Bonchev–Trinajstić information content (AvgIpc) is 2.87. The third kappa shape index (κ3) is 3.30. The monoisotopic (exact) mass is 267 g/mol. The van der Waals surface area contributed by atoms with E-state index < -0.39 is 0 Å². The SMILES string of the molecule is CCOC(=O)C1CNCCN1Cc1ncnn1CC. The normalized spacial score (nSPS) is 20.4. The van der Waals surface area contributed by atoms with Crippen LogP contribution in [0.15, 0.2) is 6.33 Å². The molecule has 1 aromatic heterocycles. The average molecular weight is 267 g/mol. The maximum Gasteiger partial charge on any atom is 0.324 e. The first kappa shape index (κ1) is 14.0. The second-order valence-corrected chi connectivity index (χ2v) is 4.43. The van der Waals surface area contributed by atoms with Crippen molar-refractivity contribution in [2.75, 3.05) is 26.2 Å². The van der Waals surface area contributed by atoms with Gasteiger partial charge >= 0.3 is 5.97 Å². The van der Waals surface area contributed by atoms with Crippen LogP contribution in [-0.4, -0.2) is 57.9 Å². The van der Waals surface area contributed by atoms with Gasteiger partial charge in [0, 0.05) is 26.2 Å². The van der Waals surface area contributed by atoms with E-state index in [2.05, 4.69) is 20.3 Å². The van der Waals surface area contributed by atoms with E-state index >= 15 is 0 Å².